The van der Waals surface area contributed by atoms with Crippen LogP contribution in [0, 0.1) is 6.92 Å². The number of anilines is 1. The van der Waals surface area contributed by atoms with Crippen LogP contribution in [0.1, 0.15) is 52.9 Å². The van der Waals surface area contributed by atoms with Crippen molar-refractivity contribution in [2.45, 2.75) is 39.8 Å². The molecule has 2 N–H and O–H groups in total. The first-order chi connectivity index (χ1) is 15.2. The lowest BCUT2D eigenvalue weighted by Gasteiger charge is -2.22. The standard InChI is InChI=1S/C24H25N5O3/c1-15-5-7-16(8-6-15)22(30)28-19-10-9-17-18(14-29(21(17)27-19)24(2,3)4)23(31)26-13-20-25-11-12-32-20/h5-12,14H,13H2,1-4H3,(H,26,31)(H,27,28,30). The van der Waals surface area contributed by atoms with Crippen LogP contribution >= 0.6 is 0 Å². The summed E-state index contributed by atoms with van der Waals surface area (Å²) in [5.74, 6) is 0.347. The highest BCUT2D eigenvalue weighted by molar-refractivity contribution is 6.07. The van der Waals surface area contributed by atoms with Gasteiger partial charge in [0.2, 0.25) is 5.89 Å². The summed E-state index contributed by atoms with van der Waals surface area (Å²) in [6.45, 7) is 8.24. The highest BCUT2D eigenvalue weighted by Gasteiger charge is 2.23. The number of carbonyl (C=O) groups excluding carboxylic acids is 2. The highest BCUT2D eigenvalue weighted by Crippen LogP contribution is 2.28. The number of hydrogen-bond acceptors (Lipinski definition) is 5. The maximum absolute atomic E-state index is 12.9. The van der Waals surface area contributed by atoms with Gasteiger partial charge in [-0.25, -0.2) is 9.97 Å². The van der Waals surface area contributed by atoms with Crippen molar-refractivity contribution in [1.29, 1.82) is 0 Å². The molecule has 4 aromatic rings. The first-order valence-corrected chi connectivity index (χ1v) is 10.3. The summed E-state index contributed by atoms with van der Waals surface area (Å²) >= 11 is 0. The van der Waals surface area contributed by atoms with Crippen LogP contribution in [0.25, 0.3) is 11.0 Å². The van der Waals surface area contributed by atoms with E-state index in [2.05, 4.69) is 20.6 Å². The maximum atomic E-state index is 12.9. The lowest BCUT2D eigenvalue weighted by Crippen LogP contribution is -2.24. The third kappa shape index (κ3) is 4.39. The smallest absolute Gasteiger partial charge is 0.256 e. The summed E-state index contributed by atoms with van der Waals surface area (Å²) < 4.78 is 7.11. The van der Waals surface area contributed by atoms with Crippen molar-refractivity contribution in [3.63, 3.8) is 0 Å². The van der Waals surface area contributed by atoms with Gasteiger partial charge in [-0.05, 0) is 52.0 Å². The van der Waals surface area contributed by atoms with Gasteiger partial charge in [0.05, 0.1) is 18.3 Å². The number of pyridine rings is 1. The third-order valence-electron chi connectivity index (χ3n) is 5.06. The number of nitrogens with one attached hydrogen (secondary N) is 2. The molecular formula is C24H25N5O3. The average Bonchev–Trinajstić information content (AvgIpc) is 3.40. The van der Waals surface area contributed by atoms with E-state index in [1.165, 1.54) is 12.5 Å². The zero-order chi connectivity index (χ0) is 22.9. The second-order valence-corrected chi connectivity index (χ2v) is 8.58. The molecule has 8 nitrogen and oxygen atoms in total. The molecule has 1 aromatic carbocycles. The summed E-state index contributed by atoms with van der Waals surface area (Å²) in [5.41, 5.74) is 2.41. The molecule has 0 unspecified atom stereocenters. The number of benzene rings is 1. The molecule has 4 rings (SSSR count). The summed E-state index contributed by atoms with van der Waals surface area (Å²) in [6.07, 6.45) is 4.78. The van der Waals surface area contributed by atoms with Crippen LogP contribution < -0.4 is 10.6 Å². The summed E-state index contributed by atoms with van der Waals surface area (Å²) in [7, 11) is 0. The van der Waals surface area contributed by atoms with Crippen LogP contribution in [0.4, 0.5) is 5.82 Å². The summed E-state index contributed by atoms with van der Waals surface area (Å²) in [6, 6.07) is 10.8. The zero-order valence-electron chi connectivity index (χ0n) is 18.5. The number of amides is 2. The van der Waals surface area contributed by atoms with Gasteiger partial charge in [-0.3, -0.25) is 9.59 Å². The van der Waals surface area contributed by atoms with Crippen molar-refractivity contribution in [3.8, 4) is 0 Å². The molecule has 0 aliphatic heterocycles. The number of aryl methyl sites for hydroxylation is 1. The van der Waals surface area contributed by atoms with Gasteiger partial charge in [-0.15, -0.1) is 0 Å². The molecule has 164 valence electrons. The SMILES string of the molecule is Cc1ccc(C(=O)Nc2ccc3c(C(=O)NCc4ncco4)cn(C(C)(C)C)c3n2)cc1. The predicted molar refractivity (Wildman–Crippen MR) is 122 cm³/mol. The molecule has 0 spiro atoms. The minimum atomic E-state index is -0.327. The monoisotopic (exact) mass is 431 g/mol. The topological polar surface area (TPSA) is 102 Å². The Hall–Kier alpha value is -3.94. The molecule has 0 saturated heterocycles. The number of oxazole rings is 1. The second kappa shape index (κ2) is 8.30. The van der Waals surface area contributed by atoms with Crippen molar-refractivity contribution in [2.24, 2.45) is 0 Å². The fraction of sp³-hybridized carbons (Fsp3) is 0.250. The van der Waals surface area contributed by atoms with E-state index >= 15 is 0 Å². The molecule has 3 aromatic heterocycles. The van der Waals surface area contributed by atoms with E-state index in [-0.39, 0.29) is 23.9 Å². The fourth-order valence-corrected chi connectivity index (χ4v) is 3.35. The fourth-order valence-electron chi connectivity index (χ4n) is 3.35. The molecule has 0 atom stereocenters. The lowest BCUT2D eigenvalue weighted by molar-refractivity contribution is 0.0947. The van der Waals surface area contributed by atoms with Crippen molar-refractivity contribution in [1.82, 2.24) is 19.9 Å². The predicted octanol–water partition coefficient (Wildman–Crippen LogP) is 4.27. The van der Waals surface area contributed by atoms with Gasteiger partial charge in [-0.1, -0.05) is 17.7 Å². The first-order valence-electron chi connectivity index (χ1n) is 10.3. The Kier molecular flexibility index (Phi) is 5.52. The Morgan fingerprint density at radius 1 is 1.06 bits per heavy atom. The van der Waals surface area contributed by atoms with Gasteiger partial charge in [0.25, 0.3) is 11.8 Å². The van der Waals surface area contributed by atoms with E-state index in [9.17, 15) is 9.59 Å². The second-order valence-electron chi connectivity index (χ2n) is 8.58. The van der Waals surface area contributed by atoms with Crippen LogP contribution in [0.5, 0.6) is 0 Å². The van der Waals surface area contributed by atoms with Crippen molar-refractivity contribution >= 4 is 28.7 Å². The van der Waals surface area contributed by atoms with Gasteiger partial charge in [0, 0.05) is 22.7 Å². The molecule has 0 fully saturated rings. The molecule has 0 aliphatic carbocycles. The van der Waals surface area contributed by atoms with Crippen molar-refractivity contribution < 1.29 is 14.0 Å². The minimum absolute atomic E-state index is 0.187. The normalized spacial score (nSPS) is 11.5. The van der Waals surface area contributed by atoms with Crippen LogP contribution in [0.15, 0.2) is 59.5 Å². The molecule has 2 amide bonds. The summed E-state index contributed by atoms with van der Waals surface area (Å²) in [4.78, 5) is 34.2. The first kappa shape index (κ1) is 21.3. The van der Waals surface area contributed by atoms with E-state index in [4.69, 9.17) is 4.42 Å². The Morgan fingerprint density at radius 2 is 1.81 bits per heavy atom. The largest absolute Gasteiger partial charge is 0.447 e. The molecule has 0 radical (unpaired) electrons. The van der Waals surface area contributed by atoms with E-state index in [0.717, 1.165) is 5.56 Å². The van der Waals surface area contributed by atoms with Gasteiger partial charge in [0.1, 0.15) is 17.7 Å². The van der Waals surface area contributed by atoms with Gasteiger partial charge < -0.3 is 19.6 Å². The molecule has 3 heterocycles. The molecule has 0 bridgehead atoms. The zero-order valence-corrected chi connectivity index (χ0v) is 18.5. The quantitative estimate of drug-likeness (QED) is 0.491. The Labute approximate surface area is 185 Å². The van der Waals surface area contributed by atoms with Crippen LogP contribution in [-0.2, 0) is 12.1 Å². The van der Waals surface area contributed by atoms with Crippen molar-refractivity contribution in [3.05, 3.63) is 77.6 Å². The maximum Gasteiger partial charge on any atom is 0.256 e. The summed E-state index contributed by atoms with van der Waals surface area (Å²) in [5, 5.41) is 6.36. The molecule has 32 heavy (non-hydrogen) atoms. The highest BCUT2D eigenvalue weighted by atomic mass is 16.3. The number of carbonyl (C=O) groups is 2. The molecule has 8 heteroatoms. The van der Waals surface area contributed by atoms with Gasteiger partial charge in [0.15, 0.2) is 0 Å². The van der Waals surface area contributed by atoms with Crippen LogP contribution in [0.3, 0.4) is 0 Å². The molecule has 0 aliphatic rings. The minimum Gasteiger partial charge on any atom is -0.447 e. The van der Waals surface area contributed by atoms with Gasteiger partial charge >= 0.3 is 0 Å². The number of nitrogens with zero attached hydrogens (tertiary/aromatic N) is 3. The average molecular weight is 431 g/mol. The van der Waals surface area contributed by atoms with E-state index in [1.54, 1.807) is 30.5 Å². The Balaban J connectivity index is 1.64. The number of fused-ring (bicyclic) bond motifs is 1. The molecular weight excluding hydrogens is 406 g/mol. The van der Waals surface area contributed by atoms with Crippen LogP contribution in [-0.4, -0.2) is 26.3 Å². The van der Waals surface area contributed by atoms with Crippen LogP contribution in [0.2, 0.25) is 0 Å². The van der Waals surface area contributed by atoms with E-state index in [1.807, 2.05) is 44.4 Å². The van der Waals surface area contributed by atoms with E-state index < -0.39 is 0 Å². The Bertz CT molecular complexity index is 1270. The Morgan fingerprint density at radius 3 is 2.47 bits per heavy atom. The number of aromatic nitrogens is 3. The lowest BCUT2D eigenvalue weighted by atomic mass is 10.1. The third-order valence-corrected chi connectivity index (χ3v) is 5.06. The molecule has 0 saturated carbocycles. The van der Waals surface area contributed by atoms with Crippen molar-refractivity contribution in [2.75, 3.05) is 5.32 Å². The van der Waals surface area contributed by atoms with E-state index in [0.29, 0.717) is 33.9 Å². The number of hydrogen-bond donors (Lipinski definition) is 2. The number of rotatable bonds is 5. The van der Waals surface area contributed by atoms with Gasteiger partial charge in [-0.2, -0.15) is 0 Å².